The Morgan fingerprint density at radius 1 is 1.43 bits per heavy atom. The first kappa shape index (κ1) is 9.25. The minimum atomic E-state index is -0.296. The van der Waals surface area contributed by atoms with E-state index in [4.69, 9.17) is 5.73 Å². The molecule has 1 unspecified atom stereocenters. The summed E-state index contributed by atoms with van der Waals surface area (Å²) < 4.78 is 0. The molecule has 2 rings (SSSR count). The molecule has 2 heteroatoms. The summed E-state index contributed by atoms with van der Waals surface area (Å²) in [6, 6.07) is 8.34. The van der Waals surface area contributed by atoms with E-state index >= 15 is 0 Å². The highest BCUT2D eigenvalue weighted by atomic mass is 16.1. The van der Waals surface area contributed by atoms with Crippen LogP contribution in [0.5, 0.6) is 0 Å². The molecular formula is C12H15NO. The summed E-state index contributed by atoms with van der Waals surface area (Å²) in [5, 5.41) is 0. The van der Waals surface area contributed by atoms with Gasteiger partial charge in [-0.05, 0) is 24.8 Å². The monoisotopic (exact) mass is 189 g/mol. The van der Waals surface area contributed by atoms with Crippen LogP contribution < -0.4 is 5.73 Å². The molecule has 0 bridgehead atoms. The van der Waals surface area contributed by atoms with Crippen molar-refractivity contribution in [2.45, 2.75) is 26.2 Å². The molecule has 1 amide bonds. The smallest absolute Gasteiger partial charge is 0.223 e. The van der Waals surface area contributed by atoms with Gasteiger partial charge in [0.1, 0.15) is 0 Å². The van der Waals surface area contributed by atoms with Gasteiger partial charge in [-0.2, -0.15) is 0 Å². The molecule has 1 aromatic rings. The van der Waals surface area contributed by atoms with Crippen LogP contribution in [0.1, 0.15) is 30.4 Å². The number of rotatable bonds is 2. The second-order valence-corrected chi connectivity index (χ2v) is 4.45. The average molecular weight is 189 g/mol. The summed E-state index contributed by atoms with van der Waals surface area (Å²) in [7, 11) is 0. The number of carbonyl (C=O) groups is 1. The summed E-state index contributed by atoms with van der Waals surface area (Å²) in [6.45, 7) is 4.00. The average Bonchev–Trinajstić information content (AvgIpc) is 2.81. The van der Waals surface area contributed by atoms with Crippen LogP contribution in [0.4, 0.5) is 0 Å². The van der Waals surface area contributed by atoms with Crippen LogP contribution >= 0.6 is 0 Å². The van der Waals surface area contributed by atoms with E-state index in [1.165, 1.54) is 11.1 Å². The van der Waals surface area contributed by atoms with Crippen LogP contribution in [0, 0.1) is 12.3 Å². The van der Waals surface area contributed by atoms with Crippen LogP contribution in [-0.2, 0) is 4.79 Å². The maximum atomic E-state index is 11.2. The van der Waals surface area contributed by atoms with Gasteiger partial charge in [-0.3, -0.25) is 4.79 Å². The van der Waals surface area contributed by atoms with Gasteiger partial charge in [-0.1, -0.05) is 36.8 Å². The lowest BCUT2D eigenvalue weighted by molar-refractivity contribution is -0.122. The van der Waals surface area contributed by atoms with Crippen molar-refractivity contribution in [2.75, 3.05) is 0 Å². The fraction of sp³-hybridized carbons (Fsp3) is 0.417. The van der Waals surface area contributed by atoms with Crippen LogP contribution in [0.25, 0.3) is 0 Å². The third-order valence-corrected chi connectivity index (χ3v) is 3.28. The van der Waals surface area contributed by atoms with Crippen molar-refractivity contribution in [2.24, 2.45) is 11.1 Å². The molecular weight excluding hydrogens is 174 g/mol. The molecule has 2 atom stereocenters. The Morgan fingerprint density at radius 2 is 2.00 bits per heavy atom. The molecule has 14 heavy (non-hydrogen) atoms. The van der Waals surface area contributed by atoms with Gasteiger partial charge in [0, 0.05) is 0 Å². The molecule has 0 radical (unpaired) electrons. The Bertz CT molecular complexity index is 368. The van der Waals surface area contributed by atoms with E-state index in [-0.39, 0.29) is 11.3 Å². The number of nitrogens with two attached hydrogens (primary N) is 1. The predicted molar refractivity (Wildman–Crippen MR) is 55.8 cm³/mol. The number of hydrogen-bond donors (Lipinski definition) is 1. The third-order valence-electron chi connectivity index (χ3n) is 3.28. The van der Waals surface area contributed by atoms with E-state index in [2.05, 4.69) is 31.2 Å². The number of carbonyl (C=O) groups excluding carboxylic acids is 1. The highest BCUT2D eigenvalue weighted by Gasteiger charge is 2.55. The first-order valence-electron chi connectivity index (χ1n) is 4.90. The molecule has 2 N–H and O–H groups in total. The molecule has 0 heterocycles. The molecule has 1 aliphatic carbocycles. The molecule has 0 aliphatic heterocycles. The van der Waals surface area contributed by atoms with Crippen molar-refractivity contribution >= 4 is 5.91 Å². The summed E-state index contributed by atoms with van der Waals surface area (Å²) in [6.07, 6.45) is 0.894. The number of hydrogen-bond acceptors (Lipinski definition) is 1. The van der Waals surface area contributed by atoms with Crippen LogP contribution in [-0.4, -0.2) is 5.91 Å². The quantitative estimate of drug-likeness (QED) is 0.759. The van der Waals surface area contributed by atoms with Crippen LogP contribution in [0.15, 0.2) is 24.3 Å². The topological polar surface area (TPSA) is 43.1 Å². The Balaban J connectivity index is 2.21. The van der Waals surface area contributed by atoms with Gasteiger partial charge in [0.25, 0.3) is 0 Å². The predicted octanol–water partition coefficient (Wildman–Crippen LogP) is 1.97. The van der Waals surface area contributed by atoms with E-state index in [9.17, 15) is 4.79 Å². The summed E-state index contributed by atoms with van der Waals surface area (Å²) in [4.78, 5) is 11.2. The molecule has 0 spiro atoms. The normalized spacial score (nSPS) is 30.0. The molecule has 1 aromatic carbocycles. The van der Waals surface area contributed by atoms with Crippen molar-refractivity contribution < 1.29 is 4.79 Å². The zero-order valence-corrected chi connectivity index (χ0v) is 8.58. The van der Waals surface area contributed by atoms with Gasteiger partial charge in [-0.25, -0.2) is 0 Å². The zero-order valence-electron chi connectivity index (χ0n) is 8.58. The van der Waals surface area contributed by atoms with Crippen molar-refractivity contribution in [3.63, 3.8) is 0 Å². The van der Waals surface area contributed by atoms with E-state index in [1.807, 2.05) is 6.92 Å². The van der Waals surface area contributed by atoms with Gasteiger partial charge in [0.05, 0.1) is 5.41 Å². The minimum Gasteiger partial charge on any atom is -0.369 e. The molecule has 1 saturated carbocycles. The number of benzene rings is 1. The highest BCUT2D eigenvalue weighted by Crippen LogP contribution is 2.58. The second kappa shape index (κ2) is 2.84. The number of aryl methyl sites for hydroxylation is 1. The van der Waals surface area contributed by atoms with Crippen LogP contribution in [0.2, 0.25) is 0 Å². The number of amides is 1. The Hall–Kier alpha value is -1.31. The van der Waals surface area contributed by atoms with Crippen molar-refractivity contribution in [1.29, 1.82) is 0 Å². The molecule has 1 fully saturated rings. The Morgan fingerprint density at radius 3 is 2.43 bits per heavy atom. The molecule has 2 nitrogen and oxygen atoms in total. The molecule has 74 valence electrons. The highest BCUT2D eigenvalue weighted by molar-refractivity contribution is 5.85. The summed E-state index contributed by atoms with van der Waals surface area (Å²) in [5.41, 5.74) is 7.53. The lowest BCUT2D eigenvalue weighted by Gasteiger charge is -2.06. The van der Waals surface area contributed by atoms with Crippen LogP contribution in [0.3, 0.4) is 0 Å². The van der Waals surface area contributed by atoms with Gasteiger partial charge < -0.3 is 5.73 Å². The number of primary amides is 1. The standard InChI is InChI=1S/C12H15NO/c1-8-3-5-9(6-4-8)10-7-12(10,2)11(13)14/h3-6,10H,7H2,1-2H3,(H2,13,14)/t10-,12?/m1/s1. The van der Waals surface area contributed by atoms with E-state index in [0.717, 1.165) is 6.42 Å². The Labute approximate surface area is 84.1 Å². The maximum absolute atomic E-state index is 11.2. The van der Waals surface area contributed by atoms with Gasteiger partial charge in [-0.15, -0.1) is 0 Å². The lowest BCUT2D eigenvalue weighted by Crippen LogP contribution is -2.23. The summed E-state index contributed by atoms with van der Waals surface area (Å²) >= 11 is 0. The van der Waals surface area contributed by atoms with E-state index in [1.54, 1.807) is 0 Å². The molecule has 0 aromatic heterocycles. The minimum absolute atomic E-state index is 0.178. The van der Waals surface area contributed by atoms with Crippen molar-refractivity contribution in [1.82, 2.24) is 0 Å². The van der Waals surface area contributed by atoms with Crippen molar-refractivity contribution in [3.8, 4) is 0 Å². The fourth-order valence-electron chi connectivity index (χ4n) is 1.92. The maximum Gasteiger partial charge on any atom is 0.223 e. The lowest BCUT2D eigenvalue weighted by atomic mass is 10.00. The first-order chi connectivity index (χ1) is 6.54. The molecule has 1 aliphatic rings. The van der Waals surface area contributed by atoms with Gasteiger partial charge in [0.15, 0.2) is 0 Å². The summed E-state index contributed by atoms with van der Waals surface area (Å²) in [5.74, 6) is 0.156. The largest absolute Gasteiger partial charge is 0.369 e. The van der Waals surface area contributed by atoms with Crippen molar-refractivity contribution in [3.05, 3.63) is 35.4 Å². The first-order valence-corrected chi connectivity index (χ1v) is 4.90. The molecule has 0 saturated heterocycles. The van der Waals surface area contributed by atoms with E-state index < -0.39 is 0 Å². The zero-order chi connectivity index (χ0) is 10.3. The SMILES string of the molecule is Cc1ccc([C@H]2CC2(C)C(N)=O)cc1. The third kappa shape index (κ3) is 1.31. The fourth-order valence-corrected chi connectivity index (χ4v) is 1.92. The Kier molecular flexibility index (Phi) is 1.88. The second-order valence-electron chi connectivity index (χ2n) is 4.45. The van der Waals surface area contributed by atoms with Gasteiger partial charge in [0.2, 0.25) is 5.91 Å². The van der Waals surface area contributed by atoms with Gasteiger partial charge >= 0.3 is 0 Å². The van der Waals surface area contributed by atoms with E-state index in [0.29, 0.717) is 5.92 Å².